The first-order chi connectivity index (χ1) is 24.1. The van der Waals surface area contributed by atoms with Crippen molar-refractivity contribution in [1.29, 1.82) is 0 Å². The van der Waals surface area contributed by atoms with E-state index in [2.05, 4.69) is 25.7 Å². The van der Waals surface area contributed by atoms with Crippen LogP contribution in [-0.2, 0) is 12.4 Å². The van der Waals surface area contributed by atoms with Crippen molar-refractivity contribution in [3.05, 3.63) is 74.9 Å². The number of hydrogen-bond donors (Lipinski definition) is 2. The quantitative estimate of drug-likeness (QED) is 0.0851. The Balaban J connectivity index is 1.75. The molecule has 268 valence electrons. The molecule has 0 bridgehead atoms. The first-order valence-corrected chi connectivity index (χ1v) is 15.4. The van der Waals surface area contributed by atoms with Crippen LogP contribution in [0.25, 0.3) is 11.3 Å². The predicted octanol–water partition coefficient (Wildman–Crippen LogP) is 7.69. The van der Waals surface area contributed by atoms with Crippen molar-refractivity contribution >= 4 is 62.1 Å². The minimum Gasteiger partial charge on any atom is -0.496 e. The Morgan fingerprint density at radius 2 is 1.41 bits per heavy atom. The van der Waals surface area contributed by atoms with Gasteiger partial charge >= 0.3 is 24.4 Å². The van der Waals surface area contributed by atoms with Gasteiger partial charge in [-0.25, -0.2) is 9.59 Å². The van der Waals surface area contributed by atoms with Crippen molar-refractivity contribution in [3.63, 3.8) is 0 Å². The highest BCUT2D eigenvalue weighted by Crippen LogP contribution is 2.41. The fourth-order valence-electron chi connectivity index (χ4n) is 4.22. The van der Waals surface area contributed by atoms with Gasteiger partial charge < -0.3 is 13.9 Å². The van der Waals surface area contributed by atoms with E-state index >= 15 is 0 Å². The Hall–Kier alpha value is -6.04. The summed E-state index contributed by atoms with van der Waals surface area (Å²) in [5.74, 6) is 0.182. The van der Waals surface area contributed by atoms with Gasteiger partial charge in [-0.3, -0.25) is 20.7 Å². The summed E-state index contributed by atoms with van der Waals surface area (Å²) in [6.45, 7) is 1.85. The molecule has 0 atom stereocenters. The molecular weight excluding hydrogens is 740 g/mol. The third kappa shape index (κ3) is 8.07. The molecular formula is C27H19F6N9O7S2. The van der Waals surface area contributed by atoms with Crippen molar-refractivity contribution < 1.29 is 54.7 Å². The van der Waals surface area contributed by atoms with Crippen LogP contribution in [0.1, 0.15) is 16.9 Å². The Kier molecular flexibility index (Phi) is 10.3. The highest BCUT2D eigenvalue weighted by molar-refractivity contribution is 7.15. The van der Waals surface area contributed by atoms with E-state index in [1.165, 1.54) is 43.7 Å². The third-order valence-corrected chi connectivity index (χ3v) is 8.02. The second kappa shape index (κ2) is 14.4. The number of aromatic nitrogens is 4. The van der Waals surface area contributed by atoms with Gasteiger partial charge in [0.15, 0.2) is 0 Å². The molecule has 0 unspecified atom stereocenters. The molecule has 0 aliphatic carbocycles. The van der Waals surface area contributed by atoms with E-state index in [4.69, 9.17) is 13.9 Å². The molecule has 0 spiro atoms. The number of ether oxygens (including phenoxy) is 2. The molecule has 4 amide bonds. The van der Waals surface area contributed by atoms with Gasteiger partial charge in [-0.05, 0) is 49.4 Å². The lowest BCUT2D eigenvalue weighted by Crippen LogP contribution is -2.54. The number of rotatable bonds is 9. The number of hydrazine groups is 1. The van der Waals surface area contributed by atoms with Gasteiger partial charge in [-0.1, -0.05) is 22.7 Å². The molecule has 16 nitrogen and oxygen atoms in total. The molecule has 0 aliphatic heterocycles. The van der Waals surface area contributed by atoms with Gasteiger partial charge in [0.2, 0.25) is 20.3 Å². The second-order valence-electron chi connectivity index (χ2n) is 9.51. The van der Waals surface area contributed by atoms with Crippen LogP contribution < -0.4 is 30.1 Å². The number of halogens is 6. The van der Waals surface area contributed by atoms with E-state index in [0.29, 0.717) is 10.0 Å². The number of nitrogens with one attached hydrogen (secondary N) is 2. The van der Waals surface area contributed by atoms with Crippen molar-refractivity contribution in [2.75, 3.05) is 34.4 Å². The number of urea groups is 2. The fraction of sp³-hybridized carbons (Fsp3) is 0.185. The van der Waals surface area contributed by atoms with Crippen LogP contribution in [-0.4, -0.2) is 51.1 Å². The fourth-order valence-corrected chi connectivity index (χ4v) is 5.42. The van der Waals surface area contributed by atoms with E-state index < -0.39 is 61.0 Å². The number of anilines is 4. The van der Waals surface area contributed by atoms with Gasteiger partial charge in [-0.2, -0.15) is 36.4 Å². The molecule has 2 aromatic carbocycles. The summed E-state index contributed by atoms with van der Waals surface area (Å²) in [5, 5.41) is 25.6. The highest BCUT2D eigenvalue weighted by Gasteiger charge is 2.40. The number of nitrogens with zero attached hydrogens (tertiary/aromatic N) is 7. The second-order valence-corrected chi connectivity index (χ2v) is 11.5. The van der Waals surface area contributed by atoms with Crippen LogP contribution in [0, 0.1) is 10.1 Å². The van der Waals surface area contributed by atoms with Gasteiger partial charge in [0.1, 0.15) is 22.9 Å². The first kappa shape index (κ1) is 36.2. The van der Waals surface area contributed by atoms with E-state index in [1.807, 2.05) is 5.32 Å². The average molecular weight is 760 g/mol. The summed E-state index contributed by atoms with van der Waals surface area (Å²) in [6.07, 6.45) is -8.66. The van der Waals surface area contributed by atoms with E-state index in [-0.39, 0.29) is 57.8 Å². The molecule has 5 rings (SSSR count). The maximum Gasteiger partial charge on any atom is 0.445 e. The normalized spacial score (nSPS) is 11.5. The van der Waals surface area contributed by atoms with Crippen LogP contribution >= 0.6 is 22.7 Å². The molecule has 24 heteroatoms. The number of carbonyl (C=O) groups is 2. The zero-order chi connectivity index (χ0) is 37.1. The molecule has 3 aromatic heterocycles. The molecule has 0 aliphatic rings. The van der Waals surface area contributed by atoms with Crippen molar-refractivity contribution in [2.45, 2.75) is 19.3 Å². The summed E-state index contributed by atoms with van der Waals surface area (Å²) in [5.41, 5.74) is -1.85. The van der Waals surface area contributed by atoms with Gasteiger partial charge in [0, 0.05) is 5.56 Å². The lowest BCUT2D eigenvalue weighted by Gasteiger charge is -2.34. The molecule has 0 saturated carbocycles. The summed E-state index contributed by atoms with van der Waals surface area (Å²) in [4.78, 5) is 39.8. The molecule has 3 heterocycles. The number of methoxy groups -OCH3 is 1. The van der Waals surface area contributed by atoms with Gasteiger partial charge in [-0.15, -0.1) is 20.4 Å². The van der Waals surface area contributed by atoms with Crippen LogP contribution in [0.4, 0.5) is 63.3 Å². The number of nitro groups is 1. The minimum atomic E-state index is -4.96. The lowest BCUT2D eigenvalue weighted by atomic mass is 10.1. The maximum absolute atomic E-state index is 14.2. The van der Waals surface area contributed by atoms with Gasteiger partial charge in [0.25, 0.3) is 5.69 Å². The maximum atomic E-state index is 14.2. The standard InChI is InChI=1S/C27H19F6N9O7S2/c1-3-48-14-7-8-16(15(11-14)19-5-4-10-49-19)40(24(43)34-22-38-36-20(50-22)26(28,29)30)41(17-9-6-13(47-2)12-18(17)42(45)46)25(44)35-23-39-37-21(51-23)27(31,32)33/h4-12H,3H2,1-2H3,(H,34,38,43)(H,35,39,44). The molecule has 0 radical (unpaired) electrons. The number of alkyl halides is 6. The third-order valence-electron chi connectivity index (χ3n) is 6.25. The van der Waals surface area contributed by atoms with Crippen LogP contribution in [0.5, 0.6) is 11.5 Å². The summed E-state index contributed by atoms with van der Waals surface area (Å²) in [7, 11) is 1.18. The summed E-state index contributed by atoms with van der Waals surface area (Å²) in [6, 6.07) is 6.86. The smallest absolute Gasteiger partial charge is 0.445 e. The molecule has 51 heavy (non-hydrogen) atoms. The van der Waals surface area contributed by atoms with Crippen LogP contribution in [0.2, 0.25) is 0 Å². The number of nitro benzene ring substituents is 1. The molecule has 0 fully saturated rings. The Bertz CT molecular complexity index is 2050. The number of amides is 4. The number of furan rings is 1. The van der Waals surface area contributed by atoms with Gasteiger partial charge in [0.05, 0.1) is 36.7 Å². The van der Waals surface area contributed by atoms with Crippen LogP contribution in [0.3, 0.4) is 0 Å². The number of hydrogen-bond acceptors (Lipinski definition) is 13. The largest absolute Gasteiger partial charge is 0.496 e. The number of carbonyl (C=O) groups excluding carboxylic acids is 2. The van der Waals surface area contributed by atoms with Crippen molar-refractivity contribution in [2.24, 2.45) is 0 Å². The molecule has 5 aromatic rings. The van der Waals surface area contributed by atoms with E-state index in [9.17, 15) is 46.0 Å². The predicted molar refractivity (Wildman–Crippen MR) is 168 cm³/mol. The topological polar surface area (TPSA) is 191 Å². The monoisotopic (exact) mass is 759 g/mol. The van der Waals surface area contributed by atoms with E-state index in [0.717, 1.165) is 18.2 Å². The number of benzene rings is 2. The van der Waals surface area contributed by atoms with Crippen molar-refractivity contribution in [3.8, 4) is 22.8 Å². The zero-order valence-electron chi connectivity index (χ0n) is 25.5. The Labute approximate surface area is 288 Å². The first-order valence-electron chi connectivity index (χ1n) is 13.8. The van der Waals surface area contributed by atoms with Crippen molar-refractivity contribution in [1.82, 2.24) is 20.4 Å². The molecule has 2 N–H and O–H groups in total. The SMILES string of the molecule is CCOc1ccc(N(C(=O)Nc2nnc(C(F)(F)F)s2)N(C(=O)Nc2nnc(C(F)(F)F)s2)c2ccc(OC)cc2[N+](=O)[O-])c(-c2ccco2)c1. The Morgan fingerprint density at radius 3 is 1.88 bits per heavy atom. The minimum absolute atomic E-state index is 0.00131. The zero-order valence-corrected chi connectivity index (χ0v) is 27.1. The average Bonchev–Trinajstić information content (AvgIpc) is 3.86. The lowest BCUT2D eigenvalue weighted by molar-refractivity contribution is -0.384. The summed E-state index contributed by atoms with van der Waals surface area (Å²) >= 11 is -0.187. The summed E-state index contributed by atoms with van der Waals surface area (Å²) < 4.78 is 96.1. The van der Waals surface area contributed by atoms with Crippen LogP contribution in [0.15, 0.2) is 59.2 Å². The Morgan fingerprint density at radius 1 is 0.863 bits per heavy atom. The highest BCUT2D eigenvalue weighted by atomic mass is 32.1. The van der Waals surface area contributed by atoms with E-state index in [1.54, 1.807) is 6.92 Å². The molecule has 0 saturated heterocycles.